The average Bonchev–Trinajstić information content (AvgIpc) is 1.79. The summed E-state index contributed by atoms with van der Waals surface area (Å²) in [4.78, 5) is 0. The molecule has 0 bridgehead atoms. The summed E-state index contributed by atoms with van der Waals surface area (Å²) in [7, 11) is 0. The van der Waals surface area contributed by atoms with E-state index in [2.05, 4.69) is 0 Å². The van der Waals surface area contributed by atoms with Crippen LogP contribution in [0.15, 0.2) is 11.0 Å². The summed E-state index contributed by atoms with van der Waals surface area (Å²) in [6.45, 7) is 0. The smallest absolute Gasteiger partial charge is 0.178 e. The molecule has 0 heterocycles. The molecule has 0 aliphatic heterocycles. The molecule has 2 atom stereocenters. The Balaban J connectivity index is 2.51. The molecular weight excluding hydrogens is 138 g/mol. The van der Waals surface area contributed by atoms with Crippen LogP contribution >= 0.6 is 0 Å². The fraction of sp³-hybridized carbons (Fsp3) is 0.600. The summed E-state index contributed by atoms with van der Waals surface area (Å²) in [5.74, 6) is 0. The van der Waals surface area contributed by atoms with Crippen molar-refractivity contribution in [3.8, 4) is 0 Å². The first-order valence-electron chi connectivity index (χ1n) is 2.76. The third-order valence-electron chi connectivity index (χ3n) is 1.47. The molecule has 1 rings (SSSR count). The van der Waals surface area contributed by atoms with E-state index in [1.165, 1.54) is 5.41 Å². The molecule has 1 saturated carbocycles. The molecule has 3 N–H and O–H groups in total. The summed E-state index contributed by atoms with van der Waals surface area (Å²) in [5, 5.41) is 1.31. The zero-order valence-corrected chi connectivity index (χ0v) is 5.73. The first-order chi connectivity index (χ1) is 4.20. The molecule has 0 aromatic rings. The number of hydrogen-bond acceptors (Lipinski definition) is 2. The molecule has 4 heteroatoms. The Bertz CT molecular complexity index is 166. The molecule has 2 unspecified atom stereocenters. The van der Waals surface area contributed by atoms with Crippen LogP contribution in [0, 0.1) is 0 Å². The van der Waals surface area contributed by atoms with Gasteiger partial charge in [0.1, 0.15) is 0 Å². The van der Waals surface area contributed by atoms with Crippen molar-refractivity contribution in [3.05, 3.63) is 11.0 Å². The topological polar surface area (TPSA) is 63.3 Å². The van der Waals surface area contributed by atoms with E-state index in [-0.39, 0.29) is 6.04 Å². The van der Waals surface area contributed by atoms with Crippen LogP contribution in [0.4, 0.5) is 0 Å². The van der Waals surface area contributed by atoms with E-state index in [1.807, 2.05) is 0 Å². The predicted molar refractivity (Wildman–Crippen MR) is 36.1 cm³/mol. The fourth-order valence-corrected chi connectivity index (χ4v) is 1.31. The second-order valence-corrected chi connectivity index (χ2v) is 2.90. The highest BCUT2D eigenvalue weighted by Crippen LogP contribution is 2.24. The Kier molecular flexibility index (Phi) is 2.00. The number of hydrogen-bond donors (Lipinski definition) is 2. The van der Waals surface area contributed by atoms with Crippen molar-refractivity contribution < 1.29 is 8.76 Å². The third kappa shape index (κ3) is 1.61. The molecule has 3 nitrogen and oxygen atoms in total. The van der Waals surface area contributed by atoms with Crippen molar-refractivity contribution in [1.29, 1.82) is 0 Å². The van der Waals surface area contributed by atoms with Gasteiger partial charge >= 0.3 is 0 Å². The van der Waals surface area contributed by atoms with Gasteiger partial charge in [0.05, 0.1) is 0 Å². The lowest BCUT2D eigenvalue weighted by Gasteiger charge is -2.24. The lowest BCUT2D eigenvalue weighted by molar-refractivity contribution is 0.549. The Morgan fingerprint density at radius 1 is 1.89 bits per heavy atom. The lowest BCUT2D eigenvalue weighted by atomic mass is 9.88. The third-order valence-corrected chi connectivity index (χ3v) is 1.98. The van der Waals surface area contributed by atoms with Crippen LogP contribution in [0.2, 0.25) is 0 Å². The maximum absolute atomic E-state index is 10.1. The van der Waals surface area contributed by atoms with E-state index >= 15 is 0 Å². The van der Waals surface area contributed by atoms with Gasteiger partial charge in [0, 0.05) is 11.4 Å². The van der Waals surface area contributed by atoms with E-state index in [9.17, 15) is 4.21 Å². The van der Waals surface area contributed by atoms with Gasteiger partial charge in [-0.05, 0) is 18.4 Å². The summed E-state index contributed by atoms with van der Waals surface area (Å²) in [5.41, 5.74) is 6.37. The molecule has 1 aliphatic carbocycles. The zero-order chi connectivity index (χ0) is 6.85. The van der Waals surface area contributed by atoms with E-state index in [1.54, 1.807) is 0 Å². The van der Waals surface area contributed by atoms with Crippen LogP contribution in [-0.4, -0.2) is 14.8 Å². The molecule has 0 spiro atoms. The molecule has 9 heavy (non-hydrogen) atoms. The number of rotatable bonds is 1. The van der Waals surface area contributed by atoms with E-state index in [4.69, 9.17) is 10.3 Å². The van der Waals surface area contributed by atoms with Crippen LogP contribution in [-0.2, 0) is 11.1 Å². The van der Waals surface area contributed by atoms with Crippen molar-refractivity contribution in [1.82, 2.24) is 0 Å². The van der Waals surface area contributed by atoms with Gasteiger partial charge in [0.25, 0.3) is 0 Å². The predicted octanol–water partition coefficient (Wildman–Crippen LogP) is 0.213. The van der Waals surface area contributed by atoms with Crippen LogP contribution in [0.25, 0.3) is 0 Å². The minimum absolute atomic E-state index is 0.0427. The normalized spacial score (nSPS) is 34.0. The molecule has 0 saturated heterocycles. The first-order valence-corrected chi connectivity index (χ1v) is 3.93. The second kappa shape index (κ2) is 2.60. The second-order valence-electron chi connectivity index (χ2n) is 2.11. The Morgan fingerprint density at radius 2 is 2.56 bits per heavy atom. The van der Waals surface area contributed by atoms with Gasteiger partial charge in [-0.2, -0.15) is 0 Å². The average molecular weight is 147 g/mol. The van der Waals surface area contributed by atoms with Gasteiger partial charge in [-0.3, -0.25) is 0 Å². The molecule has 0 aromatic heterocycles. The van der Waals surface area contributed by atoms with Crippen molar-refractivity contribution in [3.63, 3.8) is 0 Å². The lowest BCUT2D eigenvalue weighted by Crippen LogP contribution is -2.31. The van der Waals surface area contributed by atoms with Crippen molar-refractivity contribution >= 4 is 11.1 Å². The maximum Gasteiger partial charge on any atom is 0.178 e. The zero-order valence-electron chi connectivity index (χ0n) is 4.91. The maximum atomic E-state index is 10.1. The van der Waals surface area contributed by atoms with Gasteiger partial charge in [0.15, 0.2) is 11.1 Å². The highest BCUT2D eigenvalue weighted by atomic mass is 32.2. The Hall–Kier alpha value is -0.190. The summed E-state index contributed by atoms with van der Waals surface area (Å²) in [6.07, 6.45) is 1.83. The van der Waals surface area contributed by atoms with E-state index in [0.29, 0.717) is 0 Å². The standard InChI is InChI=1S/C5H9NO2S/c6-5-2-1-4(5)3-9(7)8/h3,5H,1-2,6H2,(H,7,8). The van der Waals surface area contributed by atoms with Crippen LogP contribution < -0.4 is 5.73 Å². The largest absolute Gasteiger partial charge is 0.324 e. The van der Waals surface area contributed by atoms with Crippen molar-refractivity contribution in [2.24, 2.45) is 5.73 Å². The van der Waals surface area contributed by atoms with Crippen LogP contribution in [0.5, 0.6) is 0 Å². The molecule has 0 aromatic carbocycles. The van der Waals surface area contributed by atoms with Crippen molar-refractivity contribution in [2.75, 3.05) is 0 Å². The molecule has 0 radical (unpaired) electrons. The summed E-state index contributed by atoms with van der Waals surface area (Å²) in [6, 6.07) is 0.0427. The monoisotopic (exact) mass is 147 g/mol. The molecule has 1 aliphatic rings. The molecule has 52 valence electrons. The minimum atomic E-state index is -1.81. The highest BCUT2D eigenvalue weighted by Gasteiger charge is 2.19. The highest BCUT2D eigenvalue weighted by molar-refractivity contribution is 7.82. The summed E-state index contributed by atoms with van der Waals surface area (Å²) < 4.78 is 18.5. The number of nitrogens with two attached hydrogens (primary N) is 1. The van der Waals surface area contributed by atoms with Crippen molar-refractivity contribution in [2.45, 2.75) is 18.9 Å². The van der Waals surface area contributed by atoms with Gasteiger partial charge in [-0.15, -0.1) is 0 Å². The van der Waals surface area contributed by atoms with Crippen LogP contribution in [0.3, 0.4) is 0 Å². The van der Waals surface area contributed by atoms with Gasteiger partial charge in [-0.1, -0.05) is 0 Å². The van der Waals surface area contributed by atoms with Gasteiger partial charge in [0.2, 0.25) is 0 Å². The first kappa shape index (κ1) is 6.92. The molecule has 0 amide bonds. The van der Waals surface area contributed by atoms with E-state index < -0.39 is 11.1 Å². The van der Waals surface area contributed by atoms with Gasteiger partial charge < -0.3 is 10.3 Å². The Morgan fingerprint density at radius 3 is 2.67 bits per heavy atom. The summed E-state index contributed by atoms with van der Waals surface area (Å²) >= 11 is -1.81. The molecular formula is C5H9NO2S. The molecule has 1 fully saturated rings. The Labute approximate surface area is 56.2 Å². The van der Waals surface area contributed by atoms with E-state index in [0.717, 1.165) is 18.4 Å². The minimum Gasteiger partial charge on any atom is -0.324 e. The fourth-order valence-electron chi connectivity index (χ4n) is 0.753. The quantitative estimate of drug-likeness (QED) is 0.521. The van der Waals surface area contributed by atoms with Gasteiger partial charge in [-0.25, -0.2) is 4.21 Å². The SMILES string of the molecule is NC1CCC1=CS(=O)O. The van der Waals surface area contributed by atoms with Crippen LogP contribution in [0.1, 0.15) is 12.8 Å².